The van der Waals surface area contributed by atoms with Crippen LogP contribution in [0, 0.1) is 13.8 Å². The molecular formula is C36H53N5O7SSi. The Morgan fingerprint density at radius 1 is 1.08 bits per heavy atom. The van der Waals surface area contributed by atoms with E-state index >= 15 is 0 Å². The van der Waals surface area contributed by atoms with Crippen molar-refractivity contribution < 1.29 is 32.4 Å². The van der Waals surface area contributed by atoms with E-state index in [0.717, 1.165) is 39.7 Å². The number of ether oxygens (including phenoxy) is 5. The normalized spacial score (nSPS) is 16.3. The Bertz CT molecular complexity index is 1760. The van der Waals surface area contributed by atoms with Gasteiger partial charge in [-0.1, -0.05) is 30.9 Å². The summed E-state index contributed by atoms with van der Waals surface area (Å²) in [5.41, 5.74) is 4.01. The average Bonchev–Trinajstić information content (AvgIpc) is 3.82. The van der Waals surface area contributed by atoms with E-state index in [-0.39, 0.29) is 5.92 Å². The number of methoxy groups -OCH3 is 1. The van der Waals surface area contributed by atoms with Gasteiger partial charge in [0.25, 0.3) is 0 Å². The highest BCUT2D eigenvalue weighted by Gasteiger charge is 2.41. The van der Waals surface area contributed by atoms with Gasteiger partial charge in [-0.2, -0.15) is 0 Å². The van der Waals surface area contributed by atoms with Crippen LogP contribution in [0.25, 0.3) is 22.2 Å². The maximum Gasteiger partial charge on any atom is 0.216 e. The van der Waals surface area contributed by atoms with E-state index in [1.54, 1.807) is 7.11 Å². The zero-order valence-electron chi connectivity index (χ0n) is 30.7. The van der Waals surface area contributed by atoms with Crippen LogP contribution in [0.5, 0.6) is 5.75 Å². The second-order valence-electron chi connectivity index (χ2n) is 14.9. The quantitative estimate of drug-likeness (QED) is 0.0879. The van der Waals surface area contributed by atoms with Crippen LogP contribution in [-0.2, 0) is 42.5 Å². The SMILES string of the molecule is COc1cc2nc(C)ccc2cc1-c1cn(COCC[Si](C)(C)C)c([C@H](COCCCC2(c3cc(C)on3)OCCO2)CC(C)(C)S(N)=O)n1. The predicted octanol–water partition coefficient (Wildman–Crippen LogP) is 6.60. The summed E-state index contributed by atoms with van der Waals surface area (Å²) in [6.45, 7) is 17.4. The Kier molecular flexibility index (Phi) is 12.3. The number of benzene rings is 1. The highest BCUT2D eigenvalue weighted by Crippen LogP contribution is 2.38. The Balaban J connectivity index is 1.42. The van der Waals surface area contributed by atoms with Gasteiger partial charge in [0.1, 0.15) is 29.8 Å². The number of aryl methyl sites for hydroxylation is 2. The van der Waals surface area contributed by atoms with Crippen molar-refractivity contribution in [3.8, 4) is 17.0 Å². The first-order chi connectivity index (χ1) is 23.7. The zero-order chi connectivity index (χ0) is 36.1. The number of nitrogens with two attached hydrogens (primary N) is 1. The van der Waals surface area contributed by atoms with Gasteiger partial charge in [-0.25, -0.2) is 9.19 Å². The first-order valence-corrected chi connectivity index (χ1v) is 22.2. The summed E-state index contributed by atoms with van der Waals surface area (Å²) >= 11 is 0. The first kappa shape index (κ1) is 38.3. The highest BCUT2D eigenvalue weighted by molar-refractivity contribution is 7.84. The minimum Gasteiger partial charge on any atom is -0.496 e. The van der Waals surface area contributed by atoms with Gasteiger partial charge in [0, 0.05) is 68.6 Å². The summed E-state index contributed by atoms with van der Waals surface area (Å²) in [4.78, 5) is 9.90. The first-order valence-electron chi connectivity index (χ1n) is 17.3. The Morgan fingerprint density at radius 2 is 1.84 bits per heavy atom. The highest BCUT2D eigenvalue weighted by atomic mass is 32.2. The Hall–Kier alpha value is -2.98. The van der Waals surface area contributed by atoms with E-state index in [1.807, 2.05) is 56.7 Å². The maximum absolute atomic E-state index is 12.7. The molecule has 14 heteroatoms. The third kappa shape index (κ3) is 9.46. The third-order valence-electron chi connectivity index (χ3n) is 8.99. The van der Waals surface area contributed by atoms with Crippen LogP contribution < -0.4 is 9.88 Å². The number of fused-ring (bicyclic) bond motifs is 1. The molecule has 0 saturated carbocycles. The molecule has 2 atom stereocenters. The second-order valence-corrected chi connectivity index (χ2v) is 22.2. The van der Waals surface area contributed by atoms with Crippen molar-refractivity contribution in [3.63, 3.8) is 0 Å². The molecule has 3 aromatic heterocycles. The van der Waals surface area contributed by atoms with E-state index in [4.69, 9.17) is 38.3 Å². The maximum atomic E-state index is 12.7. The molecular weight excluding hydrogens is 675 g/mol. The molecule has 0 amide bonds. The summed E-state index contributed by atoms with van der Waals surface area (Å²) in [7, 11) is -1.21. The fourth-order valence-electron chi connectivity index (χ4n) is 6.11. The zero-order valence-corrected chi connectivity index (χ0v) is 32.6. The minimum atomic E-state index is -1.58. The standard InChI is InChI=1S/C36H53N5O7SSi/c1-25-10-11-27-19-29(32(43-5)20-30(27)38-25)31-22-41(24-45-16-17-50(6,7)8)34(39-31)28(21-35(3,4)49(37)42)23-44-13-9-12-36(46-14-15-47-36)33-18-26(2)48-40-33/h10-11,18-20,22,28H,9,12-17,21,23-24,37H2,1-8H3/t28-,49?/m0/s1. The molecule has 4 heterocycles. The van der Waals surface area contributed by atoms with E-state index in [9.17, 15) is 4.21 Å². The van der Waals surface area contributed by atoms with Crippen molar-refractivity contribution in [3.05, 3.63) is 59.5 Å². The van der Waals surface area contributed by atoms with Gasteiger partial charge in [0.2, 0.25) is 5.79 Å². The molecule has 0 radical (unpaired) electrons. The number of pyridine rings is 1. The lowest BCUT2D eigenvalue weighted by Gasteiger charge is -2.28. The molecule has 5 rings (SSSR count). The molecule has 12 nitrogen and oxygen atoms in total. The monoisotopic (exact) mass is 727 g/mol. The van der Waals surface area contributed by atoms with Gasteiger partial charge in [-0.3, -0.25) is 10.1 Å². The van der Waals surface area contributed by atoms with E-state index in [0.29, 0.717) is 76.2 Å². The number of hydrogen-bond acceptors (Lipinski definition) is 10. The Labute approximate surface area is 299 Å². The molecule has 2 N–H and O–H groups in total. The van der Waals surface area contributed by atoms with Crippen LogP contribution in [0.2, 0.25) is 25.7 Å². The van der Waals surface area contributed by atoms with E-state index in [2.05, 4.69) is 41.9 Å². The van der Waals surface area contributed by atoms with Gasteiger partial charge in [-0.05, 0) is 58.7 Å². The van der Waals surface area contributed by atoms with Crippen LogP contribution >= 0.6 is 0 Å². The summed E-state index contributed by atoms with van der Waals surface area (Å²) in [6.07, 6.45) is 3.70. The van der Waals surface area contributed by atoms with Crippen molar-refractivity contribution in [2.45, 2.75) is 95.8 Å². The largest absolute Gasteiger partial charge is 0.496 e. The average molecular weight is 728 g/mol. The van der Waals surface area contributed by atoms with Crippen molar-refractivity contribution >= 4 is 30.0 Å². The molecule has 4 aromatic rings. The van der Waals surface area contributed by atoms with Crippen LogP contribution in [0.15, 0.2) is 41.1 Å². The fraction of sp³-hybridized carbons (Fsp3) is 0.583. The summed E-state index contributed by atoms with van der Waals surface area (Å²) in [6, 6.07) is 11.0. The molecule has 274 valence electrons. The van der Waals surface area contributed by atoms with E-state index in [1.165, 1.54) is 0 Å². The number of aromatic nitrogens is 4. The Morgan fingerprint density at radius 3 is 2.50 bits per heavy atom. The van der Waals surface area contributed by atoms with Crippen molar-refractivity contribution in [2.75, 3.05) is 40.1 Å². The lowest BCUT2D eigenvalue weighted by Crippen LogP contribution is -2.35. The summed E-state index contributed by atoms with van der Waals surface area (Å²) in [5.74, 6) is 0.964. The molecule has 0 bridgehead atoms. The molecule has 1 aliphatic rings. The molecule has 1 aromatic carbocycles. The van der Waals surface area contributed by atoms with Gasteiger partial charge in [0.15, 0.2) is 0 Å². The molecule has 1 unspecified atom stereocenters. The van der Waals surface area contributed by atoms with Crippen LogP contribution in [-0.4, -0.2) is 76.9 Å². The van der Waals surface area contributed by atoms with E-state index < -0.39 is 29.6 Å². The van der Waals surface area contributed by atoms with Gasteiger partial charge < -0.3 is 32.8 Å². The number of hydrogen-bond donors (Lipinski definition) is 1. The smallest absolute Gasteiger partial charge is 0.216 e. The lowest BCUT2D eigenvalue weighted by atomic mass is 9.96. The number of nitrogens with zero attached hydrogens (tertiary/aromatic N) is 4. The minimum absolute atomic E-state index is 0.242. The molecule has 0 spiro atoms. The van der Waals surface area contributed by atoms with Crippen LogP contribution in [0.1, 0.15) is 62.0 Å². The second kappa shape index (κ2) is 16.1. The topological polar surface area (TPSA) is 146 Å². The number of imidazole rings is 1. The predicted molar refractivity (Wildman–Crippen MR) is 197 cm³/mol. The van der Waals surface area contributed by atoms with Gasteiger partial charge in [-0.15, -0.1) is 0 Å². The van der Waals surface area contributed by atoms with Crippen molar-refractivity contribution in [1.82, 2.24) is 19.7 Å². The fourth-order valence-corrected chi connectivity index (χ4v) is 7.23. The van der Waals surface area contributed by atoms with Crippen LogP contribution in [0.4, 0.5) is 0 Å². The van der Waals surface area contributed by atoms with Crippen LogP contribution in [0.3, 0.4) is 0 Å². The molecule has 1 fully saturated rings. The molecule has 1 saturated heterocycles. The molecule has 50 heavy (non-hydrogen) atoms. The lowest BCUT2D eigenvalue weighted by molar-refractivity contribution is -0.177. The van der Waals surface area contributed by atoms with Gasteiger partial charge in [0.05, 0.1) is 53.9 Å². The summed E-state index contributed by atoms with van der Waals surface area (Å²) < 4.78 is 49.9. The summed E-state index contributed by atoms with van der Waals surface area (Å²) in [5, 5.41) is 11.2. The molecule has 0 aliphatic carbocycles. The third-order valence-corrected chi connectivity index (χ3v) is 12.0. The van der Waals surface area contributed by atoms with Crippen molar-refractivity contribution in [2.24, 2.45) is 5.14 Å². The number of rotatable bonds is 18. The van der Waals surface area contributed by atoms with Gasteiger partial charge >= 0.3 is 0 Å². The van der Waals surface area contributed by atoms with Crippen molar-refractivity contribution in [1.29, 1.82) is 0 Å². The molecule has 1 aliphatic heterocycles.